The Morgan fingerprint density at radius 2 is 1.90 bits per heavy atom. The molecule has 2 heterocycles. The second-order valence-electron chi connectivity index (χ2n) is 7.77. The van der Waals surface area contributed by atoms with E-state index in [4.69, 9.17) is 10.5 Å². The Hall–Kier alpha value is -0.610. The summed E-state index contributed by atoms with van der Waals surface area (Å²) in [6.45, 7) is 13.0. The summed E-state index contributed by atoms with van der Waals surface area (Å²) in [7, 11) is 0. The molecule has 124 valence electrons. The molecule has 0 aromatic heterocycles. The van der Waals surface area contributed by atoms with Gasteiger partial charge in [0.25, 0.3) is 0 Å². The molecule has 0 saturated carbocycles. The topological polar surface area (TPSA) is 55.6 Å². The van der Waals surface area contributed by atoms with E-state index in [1.54, 1.807) is 6.92 Å². The molecule has 4 nitrogen and oxygen atoms in total. The van der Waals surface area contributed by atoms with E-state index >= 15 is 0 Å². The number of nitrogens with two attached hydrogens (primary N) is 1. The average molecular weight is 298 g/mol. The van der Waals surface area contributed by atoms with Crippen LogP contribution in [0, 0.1) is 5.41 Å². The Labute approximate surface area is 130 Å². The molecule has 1 amide bonds. The van der Waals surface area contributed by atoms with E-state index < -0.39 is 0 Å². The lowest BCUT2D eigenvalue weighted by Crippen LogP contribution is -2.46. The molecule has 0 aromatic rings. The second kappa shape index (κ2) is 7.59. The van der Waals surface area contributed by atoms with Gasteiger partial charge in [-0.1, -0.05) is 34.1 Å². The second-order valence-corrected chi connectivity index (χ2v) is 7.77. The number of likely N-dealkylation sites (tertiary alicyclic amines) is 1. The fourth-order valence-corrected chi connectivity index (χ4v) is 3.21. The highest BCUT2D eigenvalue weighted by Gasteiger charge is 2.41. The van der Waals surface area contributed by atoms with Crippen LogP contribution in [0.5, 0.6) is 0 Å². The summed E-state index contributed by atoms with van der Waals surface area (Å²) in [5, 5.41) is 0. The van der Waals surface area contributed by atoms with Gasteiger partial charge in [0.2, 0.25) is 5.91 Å². The van der Waals surface area contributed by atoms with Crippen LogP contribution >= 0.6 is 0 Å². The van der Waals surface area contributed by atoms with Gasteiger partial charge in [-0.2, -0.15) is 0 Å². The van der Waals surface area contributed by atoms with Crippen molar-refractivity contribution in [2.24, 2.45) is 11.1 Å². The van der Waals surface area contributed by atoms with Gasteiger partial charge in [0.1, 0.15) is 0 Å². The molecule has 0 radical (unpaired) electrons. The van der Waals surface area contributed by atoms with Crippen molar-refractivity contribution in [3.8, 4) is 0 Å². The summed E-state index contributed by atoms with van der Waals surface area (Å²) in [5.41, 5.74) is 6.37. The van der Waals surface area contributed by atoms with Crippen molar-refractivity contribution >= 4 is 5.91 Å². The molecule has 21 heavy (non-hydrogen) atoms. The molecule has 1 spiro atoms. The minimum absolute atomic E-state index is 0.00856. The highest BCUT2D eigenvalue weighted by Crippen LogP contribution is 2.35. The molecule has 2 fully saturated rings. The van der Waals surface area contributed by atoms with E-state index in [0.717, 1.165) is 32.4 Å². The van der Waals surface area contributed by atoms with Gasteiger partial charge in [-0.25, -0.2) is 0 Å². The lowest BCUT2D eigenvalue weighted by molar-refractivity contribution is -0.133. The predicted molar refractivity (Wildman–Crippen MR) is 87.1 cm³/mol. The molecule has 1 atom stereocenters. The van der Waals surface area contributed by atoms with Crippen LogP contribution in [-0.2, 0) is 9.53 Å². The van der Waals surface area contributed by atoms with Crippen LogP contribution in [-0.4, -0.2) is 42.1 Å². The standard InChI is InChI=1S/C10H18N2O2.C7H16/c1-8(13)12-4-2-10(3-5-12)6-9(11)7-14-10;1-5-6-7(2,3)4/h9H,2-7,11H2,1H3;5-6H2,1-4H3. The lowest BCUT2D eigenvalue weighted by atomic mass is 9.87. The molecule has 0 aromatic carbocycles. The minimum atomic E-state index is -0.00856. The van der Waals surface area contributed by atoms with Crippen LogP contribution in [0.15, 0.2) is 0 Å². The number of hydrogen-bond acceptors (Lipinski definition) is 3. The van der Waals surface area contributed by atoms with Gasteiger partial charge >= 0.3 is 0 Å². The molecule has 2 aliphatic heterocycles. The number of carbonyl (C=O) groups is 1. The number of carbonyl (C=O) groups excluding carboxylic acids is 1. The molecule has 1 unspecified atom stereocenters. The maximum absolute atomic E-state index is 11.1. The Bertz CT molecular complexity index is 328. The Morgan fingerprint density at radius 1 is 1.33 bits per heavy atom. The van der Waals surface area contributed by atoms with Crippen molar-refractivity contribution in [1.82, 2.24) is 4.90 Å². The van der Waals surface area contributed by atoms with Crippen molar-refractivity contribution in [2.45, 2.75) is 78.4 Å². The van der Waals surface area contributed by atoms with Gasteiger partial charge in [0, 0.05) is 26.1 Å². The predicted octanol–water partition coefficient (Wildman–Crippen LogP) is 2.95. The molecule has 0 bridgehead atoms. The summed E-state index contributed by atoms with van der Waals surface area (Å²) in [5.74, 6) is 0.169. The van der Waals surface area contributed by atoms with Crippen LogP contribution in [0.4, 0.5) is 0 Å². The summed E-state index contributed by atoms with van der Waals surface area (Å²) in [4.78, 5) is 13.0. The zero-order valence-electron chi connectivity index (χ0n) is 14.6. The third-order valence-corrected chi connectivity index (χ3v) is 4.36. The SMILES string of the molecule is CC(=O)N1CCC2(CC1)CC(N)CO2.CCCC(C)(C)C. The monoisotopic (exact) mass is 298 g/mol. The van der Waals surface area contributed by atoms with Crippen molar-refractivity contribution in [1.29, 1.82) is 0 Å². The lowest BCUT2D eigenvalue weighted by Gasteiger charge is -2.38. The molecule has 2 saturated heterocycles. The first-order valence-electron chi connectivity index (χ1n) is 8.32. The van der Waals surface area contributed by atoms with Gasteiger partial charge in [0.05, 0.1) is 12.2 Å². The maximum Gasteiger partial charge on any atom is 0.219 e. The van der Waals surface area contributed by atoms with E-state index in [0.29, 0.717) is 12.0 Å². The van der Waals surface area contributed by atoms with Crippen LogP contribution in [0.2, 0.25) is 0 Å². The summed E-state index contributed by atoms with van der Waals surface area (Å²) in [6, 6.07) is 0.193. The normalized spacial score (nSPS) is 24.7. The minimum Gasteiger partial charge on any atom is -0.373 e. The first kappa shape index (κ1) is 18.4. The molecule has 0 aliphatic carbocycles. The van der Waals surface area contributed by atoms with Crippen molar-refractivity contribution < 1.29 is 9.53 Å². The van der Waals surface area contributed by atoms with E-state index in [9.17, 15) is 4.79 Å². The highest BCUT2D eigenvalue weighted by molar-refractivity contribution is 5.73. The Balaban J connectivity index is 0.000000270. The zero-order valence-corrected chi connectivity index (χ0v) is 14.6. The van der Waals surface area contributed by atoms with E-state index in [2.05, 4.69) is 27.7 Å². The average Bonchev–Trinajstić information content (AvgIpc) is 2.70. The first-order chi connectivity index (χ1) is 9.67. The van der Waals surface area contributed by atoms with Gasteiger partial charge < -0.3 is 15.4 Å². The quantitative estimate of drug-likeness (QED) is 0.810. The van der Waals surface area contributed by atoms with Gasteiger partial charge in [0.15, 0.2) is 0 Å². The van der Waals surface area contributed by atoms with E-state index in [1.165, 1.54) is 12.8 Å². The first-order valence-corrected chi connectivity index (χ1v) is 8.32. The molecule has 4 heteroatoms. The summed E-state index contributed by atoms with van der Waals surface area (Å²) in [6.07, 6.45) is 5.50. The van der Waals surface area contributed by atoms with Crippen LogP contribution in [0.1, 0.15) is 66.7 Å². The molecular formula is C17H34N2O2. The molecule has 2 N–H and O–H groups in total. The third kappa shape index (κ3) is 6.35. The van der Waals surface area contributed by atoms with Gasteiger partial charge in [-0.3, -0.25) is 4.79 Å². The number of amides is 1. The van der Waals surface area contributed by atoms with Crippen molar-refractivity contribution in [2.75, 3.05) is 19.7 Å². The van der Waals surface area contributed by atoms with Crippen molar-refractivity contribution in [3.05, 3.63) is 0 Å². The zero-order chi connectivity index (χ0) is 16.1. The van der Waals surface area contributed by atoms with Gasteiger partial charge in [-0.15, -0.1) is 0 Å². The van der Waals surface area contributed by atoms with Crippen LogP contribution in [0.3, 0.4) is 0 Å². The number of rotatable bonds is 1. The summed E-state index contributed by atoms with van der Waals surface area (Å²) < 4.78 is 5.76. The van der Waals surface area contributed by atoms with E-state index in [-0.39, 0.29) is 17.6 Å². The molecule has 2 rings (SSSR count). The smallest absolute Gasteiger partial charge is 0.219 e. The number of piperidine rings is 1. The summed E-state index contributed by atoms with van der Waals surface area (Å²) >= 11 is 0. The number of ether oxygens (including phenoxy) is 1. The van der Waals surface area contributed by atoms with Gasteiger partial charge in [-0.05, 0) is 31.1 Å². The highest BCUT2D eigenvalue weighted by atomic mass is 16.5. The molecule has 2 aliphatic rings. The Morgan fingerprint density at radius 3 is 2.19 bits per heavy atom. The third-order valence-electron chi connectivity index (χ3n) is 4.36. The Kier molecular flexibility index (Phi) is 6.67. The molecular weight excluding hydrogens is 264 g/mol. The van der Waals surface area contributed by atoms with Crippen LogP contribution < -0.4 is 5.73 Å². The fourth-order valence-electron chi connectivity index (χ4n) is 3.21. The largest absolute Gasteiger partial charge is 0.373 e. The number of hydrogen-bond donors (Lipinski definition) is 1. The van der Waals surface area contributed by atoms with Crippen molar-refractivity contribution in [3.63, 3.8) is 0 Å². The fraction of sp³-hybridized carbons (Fsp3) is 0.941. The number of nitrogens with zero attached hydrogens (tertiary/aromatic N) is 1. The van der Waals surface area contributed by atoms with Crippen LogP contribution in [0.25, 0.3) is 0 Å². The van der Waals surface area contributed by atoms with E-state index in [1.807, 2.05) is 4.90 Å². The maximum atomic E-state index is 11.1.